The van der Waals surface area contributed by atoms with Crippen molar-refractivity contribution in [3.63, 3.8) is 0 Å². The molecule has 6 rings (SSSR count). The van der Waals surface area contributed by atoms with Crippen LogP contribution in [0.25, 0.3) is 0 Å². The first kappa shape index (κ1) is 22.1. The van der Waals surface area contributed by atoms with E-state index in [2.05, 4.69) is 85.3 Å². The lowest BCUT2D eigenvalue weighted by molar-refractivity contribution is -0.222. The molecule has 2 aromatic rings. The van der Waals surface area contributed by atoms with Gasteiger partial charge >= 0.3 is 0 Å². The topological polar surface area (TPSA) is 36.0 Å². The number of anilines is 1. The van der Waals surface area contributed by atoms with Crippen molar-refractivity contribution in [3.05, 3.63) is 66.2 Å². The Labute approximate surface area is 203 Å². The molecule has 4 fully saturated rings. The van der Waals surface area contributed by atoms with Gasteiger partial charge in [0.15, 0.2) is 0 Å². The number of fused-ring (bicyclic) bond motifs is 4. The van der Waals surface area contributed by atoms with Crippen LogP contribution in [0, 0.1) is 17.8 Å². The van der Waals surface area contributed by atoms with Crippen LogP contribution in [0.5, 0.6) is 0 Å². The summed E-state index contributed by atoms with van der Waals surface area (Å²) in [5.74, 6) is 1.62. The third kappa shape index (κ3) is 3.24. The lowest BCUT2D eigenvalue weighted by Crippen LogP contribution is -2.66. The maximum Gasteiger partial charge on any atom is 0.238 e. The fourth-order valence-corrected chi connectivity index (χ4v) is 7.54. The second-order valence-electron chi connectivity index (χ2n) is 11.4. The van der Waals surface area contributed by atoms with Gasteiger partial charge in [0, 0.05) is 30.8 Å². The number of hydrazine groups is 1. The summed E-state index contributed by atoms with van der Waals surface area (Å²) < 4.78 is 7.04. The normalized spacial score (nSPS) is 36.6. The minimum atomic E-state index is -0.0256. The summed E-state index contributed by atoms with van der Waals surface area (Å²) in [4.78, 5) is 15.9. The molecule has 3 heterocycles. The Hall–Kier alpha value is -2.37. The number of amides is 1. The molecule has 0 N–H and O–H groups in total. The van der Waals surface area contributed by atoms with Gasteiger partial charge in [-0.3, -0.25) is 14.7 Å². The standard InChI is InChI=1S/C29H37N3O2/c1-19-15-16-24-25(17-19)34-28-27-23(18-30(28)29(24,3)4)26(21-11-7-5-8-12-21)31(20(2)33)32(27)22-13-9-6-10-14-22/h5-14,19,23-28H,15-18H2,1-4H3/t19-,23+,24-,25-,26+,27-,28+/m1/s1. The van der Waals surface area contributed by atoms with Crippen molar-refractivity contribution in [1.29, 1.82) is 0 Å². The quantitative estimate of drug-likeness (QED) is 0.614. The molecule has 1 aliphatic carbocycles. The number of nitrogens with zero attached hydrogens (tertiary/aromatic N) is 3. The summed E-state index contributed by atoms with van der Waals surface area (Å²) in [6.45, 7) is 9.88. The number of carbonyl (C=O) groups excluding carboxylic acids is 1. The van der Waals surface area contributed by atoms with E-state index in [9.17, 15) is 4.79 Å². The number of para-hydroxylation sites is 1. The molecule has 0 bridgehead atoms. The predicted molar refractivity (Wildman–Crippen MR) is 134 cm³/mol. The summed E-state index contributed by atoms with van der Waals surface area (Å²) in [5.41, 5.74) is 2.34. The van der Waals surface area contributed by atoms with Crippen molar-refractivity contribution >= 4 is 11.6 Å². The van der Waals surface area contributed by atoms with Crippen LogP contribution in [-0.2, 0) is 9.53 Å². The van der Waals surface area contributed by atoms with Gasteiger partial charge in [-0.2, -0.15) is 0 Å². The van der Waals surface area contributed by atoms with E-state index in [1.165, 1.54) is 18.4 Å². The van der Waals surface area contributed by atoms with Crippen molar-refractivity contribution < 1.29 is 9.53 Å². The van der Waals surface area contributed by atoms with E-state index in [4.69, 9.17) is 4.74 Å². The summed E-state index contributed by atoms with van der Waals surface area (Å²) in [6.07, 6.45) is 3.93. The molecule has 7 atom stereocenters. The van der Waals surface area contributed by atoms with Gasteiger partial charge in [-0.25, -0.2) is 5.01 Å². The number of rotatable bonds is 2. The van der Waals surface area contributed by atoms with E-state index < -0.39 is 0 Å². The highest BCUT2D eigenvalue weighted by Crippen LogP contribution is 2.55. The first-order valence-electron chi connectivity index (χ1n) is 13.0. The molecule has 5 nitrogen and oxygen atoms in total. The van der Waals surface area contributed by atoms with Gasteiger partial charge in [0.05, 0.1) is 23.9 Å². The molecular formula is C29H37N3O2. The van der Waals surface area contributed by atoms with Gasteiger partial charge in [-0.1, -0.05) is 61.9 Å². The van der Waals surface area contributed by atoms with Gasteiger partial charge in [-0.15, -0.1) is 0 Å². The van der Waals surface area contributed by atoms with Crippen LogP contribution >= 0.6 is 0 Å². The second kappa shape index (κ2) is 8.10. The van der Waals surface area contributed by atoms with Crippen LogP contribution in [0.2, 0.25) is 0 Å². The SMILES string of the molecule is CC(=O)N1[C@@H](c2ccccc2)[C@@H]2CN3[C@@H](O[C@@H]4C[C@H](C)CC[C@H]4C3(C)C)[C@@H]2N1c1ccccc1. The lowest BCUT2D eigenvalue weighted by Gasteiger charge is -2.56. The van der Waals surface area contributed by atoms with Crippen LogP contribution in [0.15, 0.2) is 60.7 Å². The van der Waals surface area contributed by atoms with E-state index in [0.29, 0.717) is 11.8 Å². The molecule has 0 radical (unpaired) electrons. The Morgan fingerprint density at radius 2 is 1.68 bits per heavy atom. The van der Waals surface area contributed by atoms with Crippen LogP contribution in [0.1, 0.15) is 58.6 Å². The molecule has 3 saturated heterocycles. The Morgan fingerprint density at radius 3 is 2.35 bits per heavy atom. The van der Waals surface area contributed by atoms with Crippen molar-refractivity contribution in [3.8, 4) is 0 Å². The average Bonchev–Trinajstić information content (AvgIpc) is 3.36. The smallest absolute Gasteiger partial charge is 0.238 e. The largest absolute Gasteiger partial charge is 0.357 e. The minimum Gasteiger partial charge on any atom is -0.357 e. The first-order chi connectivity index (χ1) is 16.4. The molecule has 0 aromatic heterocycles. The number of carbonyl (C=O) groups is 1. The molecule has 5 heteroatoms. The van der Waals surface area contributed by atoms with E-state index in [-0.39, 0.29) is 41.8 Å². The lowest BCUT2D eigenvalue weighted by atomic mass is 9.70. The van der Waals surface area contributed by atoms with E-state index in [1.54, 1.807) is 6.92 Å². The molecule has 1 saturated carbocycles. The molecule has 180 valence electrons. The predicted octanol–water partition coefficient (Wildman–Crippen LogP) is 5.25. The Morgan fingerprint density at radius 1 is 1.00 bits per heavy atom. The summed E-state index contributed by atoms with van der Waals surface area (Å²) >= 11 is 0. The first-order valence-corrected chi connectivity index (χ1v) is 13.0. The van der Waals surface area contributed by atoms with Gasteiger partial charge in [0.1, 0.15) is 6.23 Å². The highest BCUT2D eigenvalue weighted by atomic mass is 16.5. The van der Waals surface area contributed by atoms with Crippen molar-refractivity contribution in [2.75, 3.05) is 11.6 Å². The third-order valence-electron chi connectivity index (χ3n) is 9.13. The van der Waals surface area contributed by atoms with Crippen molar-refractivity contribution in [2.24, 2.45) is 17.8 Å². The molecular weight excluding hydrogens is 422 g/mol. The summed E-state index contributed by atoms with van der Waals surface area (Å²) in [7, 11) is 0. The highest BCUT2D eigenvalue weighted by molar-refractivity contribution is 5.77. The van der Waals surface area contributed by atoms with Crippen molar-refractivity contribution in [2.45, 2.75) is 76.9 Å². The second-order valence-corrected chi connectivity index (χ2v) is 11.4. The van der Waals surface area contributed by atoms with Crippen LogP contribution in [-0.4, -0.2) is 46.3 Å². The number of hydrogen-bond donors (Lipinski definition) is 0. The zero-order valence-corrected chi connectivity index (χ0v) is 20.8. The van der Waals surface area contributed by atoms with E-state index in [1.807, 2.05) is 11.1 Å². The summed E-state index contributed by atoms with van der Waals surface area (Å²) in [5, 5.41) is 4.29. The Balaban J connectivity index is 1.47. The van der Waals surface area contributed by atoms with Gasteiger partial charge in [0.2, 0.25) is 5.91 Å². The summed E-state index contributed by atoms with van der Waals surface area (Å²) in [6, 6.07) is 21.1. The molecule has 34 heavy (non-hydrogen) atoms. The monoisotopic (exact) mass is 459 g/mol. The molecule has 1 amide bonds. The van der Waals surface area contributed by atoms with Crippen molar-refractivity contribution in [1.82, 2.24) is 9.91 Å². The van der Waals surface area contributed by atoms with Gasteiger partial charge in [-0.05, 0) is 50.3 Å². The molecule has 3 aliphatic heterocycles. The zero-order valence-electron chi connectivity index (χ0n) is 20.8. The maximum absolute atomic E-state index is 13.2. The van der Waals surface area contributed by atoms with Crippen LogP contribution in [0.4, 0.5) is 5.69 Å². The van der Waals surface area contributed by atoms with E-state index in [0.717, 1.165) is 18.7 Å². The van der Waals surface area contributed by atoms with Crippen LogP contribution in [0.3, 0.4) is 0 Å². The number of ether oxygens (including phenoxy) is 1. The van der Waals surface area contributed by atoms with E-state index >= 15 is 0 Å². The zero-order chi connectivity index (χ0) is 23.6. The Bertz CT molecular complexity index is 1040. The highest BCUT2D eigenvalue weighted by Gasteiger charge is 2.64. The number of hydrogen-bond acceptors (Lipinski definition) is 4. The third-order valence-corrected chi connectivity index (χ3v) is 9.13. The molecule has 0 spiro atoms. The van der Waals surface area contributed by atoms with Gasteiger partial charge in [0.25, 0.3) is 0 Å². The molecule has 0 unspecified atom stereocenters. The molecule has 2 aromatic carbocycles. The Kier molecular flexibility index (Phi) is 5.27. The number of benzene rings is 2. The minimum absolute atomic E-state index is 0.00476. The fraction of sp³-hybridized carbons (Fsp3) is 0.552. The van der Waals surface area contributed by atoms with Crippen LogP contribution < -0.4 is 5.01 Å². The van der Waals surface area contributed by atoms with Gasteiger partial charge < -0.3 is 4.74 Å². The fourth-order valence-electron chi connectivity index (χ4n) is 7.54. The molecule has 4 aliphatic rings. The maximum atomic E-state index is 13.2. The average molecular weight is 460 g/mol.